The van der Waals surface area contributed by atoms with Crippen LogP contribution in [0.25, 0.3) is 10.8 Å². The van der Waals surface area contributed by atoms with Gasteiger partial charge in [-0.25, -0.2) is 8.42 Å². The summed E-state index contributed by atoms with van der Waals surface area (Å²) in [4.78, 5) is 16.6. The number of fused-ring (bicyclic) bond motifs is 1. The molecule has 0 saturated carbocycles. The molecule has 0 atom stereocenters. The maximum absolute atomic E-state index is 13.1. The van der Waals surface area contributed by atoms with Crippen LogP contribution in [-0.2, 0) is 14.8 Å². The second kappa shape index (κ2) is 9.03. The molecule has 7 heteroatoms. The predicted octanol–water partition coefficient (Wildman–Crippen LogP) is 2.40. The lowest BCUT2D eigenvalue weighted by Gasteiger charge is -2.25. The van der Waals surface area contributed by atoms with Crippen molar-refractivity contribution in [1.82, 2.24) is 14.1 Å². The molecule has 0 aromatic heterocycles. The standard InChI is InChI=1S/C21H29N3O3S/c1-3-23(4-2)21(25)17-22-12-7-13-24(15-14-22)28(26,27)20-11-10-18-8-5-6-9-19(18)16-20/h5-6,8-11,16H,3-4,7,12-15,17H2,1-2H3. The van der Waals surface area contributed by atoms with Gasteiger partial charge in [0.1, 0.15) is 0 Å². The van der Waals surface area contributed by atoms with E-state index in [0.29, 0.717) is 44.2 Å². The zero-order chi connectivity index (χ0) is 20.1. The highest BCUT2D eigenvalue weighted by atomic mass is 32.2. The molecule has 0 aliphatic carbocycles. The van der Waals surface area contributed by atoms with E-state index in [-0.39, 0.29) is 5.91 Å². The molecule has 1 amide bonds. The van der Waals surface area contributed by atoms with Crippen LogP contribution in [0.1, 0.15) is 20.3 Å². The largest absolute Gasteiger partial charge is 0.342 e. The van der Waals surface area contributed by atoms with Crippen LogP contribution in [0.2, 0.25) is 0 Å². The summed E-state index contributed by atoms with van der Waals surface area (Å²) >= 11 is 0. The molecule has 0 unspecified atom stereocenters. The molecule has 1 aliphatic rings. The number of nitrogens with zero attached hydrogens (tertiary/aromatic N) is 3. The van der Waals surface area contributed by atoms with Gasteiger partial charge in [-0.2, -0.15) is 4.31 Å². The van der Waals surface area contributed by atoms with E-state index in [1.807, 2.05) is 49.1 Å². The molecule has 6 nitrogen and oxygen atoms in total. The summed E-state index contributed by atoms with van der Waals surface area (Å²) < 4.78 is 27.8. The van der Waals surface area contributed by atoms with Crippen LogP contribution in [0.4, 0.5) is 0 Å². The number of carbonyl (C=O) groups excluding carboxylic acids is 1. The first-order valence-electron chi connectivity index (χ1n) is 9.94. The molecule has 1 heterocycles. The number of carbonyl (C=O) groups is 1. The highest BCUT2D eigenvalue weighted by Crippen LogP contribution is 2.23. The zero-order valence-electron chi connectivity index (χ0n) is 16.7. The minimum atomic E-state index is -3.54. The van der Waals surface area contributed by atoms with Crippen molar-refractivity contribution in [2.24, 2.45) is 0 Å². The van der Waals surface area contributed by atoms with Gasteiger partial charge in [0.15, 0.2) is 0 Å². The number of amides is 1. The molecule has 152 valence electrons. The molecule has 0 radical (unpaired) electrons. The molecule has 1 fully saturated rings. The van der Waals surface area contributed by atoms with E-state index >= 15 is 0 Å². The van der Waals surface area contributed by atoms with Gasteiger partial charge in [-0.15, -0.1) is 0 Å². The second-order valence-corrected chi connectivity index (χ2v) is 9.05. The number of sulfonamides is 1. The summed E-state index contributed by atoms with van der Waals surface area (Å²) in [7, 11) is -3.54. The van der Waals surface area contributed by atoms with Crippen LogP contribution in [-0.4, -0.2) is 74.2 Å². The van der Waals surface area contributed by atoms with Crippen molar-refractivity contribution < 1.29 is 13.2 Å². The molecule has 0 spiro atoms. The van der Waals surface area contributed by atoms with E-state index in [2.05, 4.69) is 4.90 Å². The Labute approximate surface area is 167 Å². The number of likely N-dealkylation sites (N-methyl/N-ethyl adjacent to an activating group) is 1. The van der Waals surface area contributed by atoms with Crippen LogP contribution in [0, 0.1) is 0 Å². The summed E-state index contributed by atoms with van der Waals surface area (Å²) in [6.45, 7) is 7.88. The minimum absolute atomic E-state index is 0.107. The Morgan fingerprint density at radius 2 is 1.68 bits per heavy atom. The van der Waals surface area contributed by atoms with Crippen molar-refractivity contribution in [2.45, 2.75) is 25.2 Å². The lowest BCUT2D eigenvalue weighted by atomic mass is 10.1. The number of rotatable bonds is 6. The first-order chi connectivity index (χ1) is 13.5. The third-order valence-corrected chi connectivity index (χ3v) is 7.28. The van der Waals surface area contributed by atoms with Crippen molar-refractivity contribution in [2.75, 3.05) is 45.8 Å². The van der Waals surface area contributed by atoms with E-state index in [1.165, 1.54) is 0 Å². The van der Waals surface area contributed by atoms with Crippen LogP contribution in [0.15, 0.2) is 47.4 Å². The van der Waals surface area contributed by atoms with Crippen LogP contribution < -0.4 is 0 Å². The molecule has 2 aromatic rings. The normalized spacial score (nSPS) is 16.8. The molecule has 28 heavy (non-hydrogen) atoms. The average molecular weight is 404 g/mol. The first kappa shape index (κ1) is 20.8. The SMILES string of the molecule is CCN(CC)C(=O)CN1CCCN(S(=O)(=O)c2ccc3ccccc3c2)CC1. The van der Waals surface area contributed by atoms with Gasteiger partial charge in [-0.1, -0.05) is 30.3 Å². The minimum Gasteiger partial charge on any atom is -0.342 e. The molecule has 2 aromatic carbocycles. The Bertz CT molecular complexity index is 925. The highest BCUT2D eigenvalue weighted by Gasteiger charge is 2.28. The van der Waals surface area contributed by atoms with E-state index in [4.69, 9.17) is 0 Å². The summed E-state index contributed by atoms with van der Waals surface area (Å²) in [6.07, 6.45) is 0.721. The Hall–Kier alpha value is -1.96. The third-order valence-electron chi connectivity index (χ3n) is 5.38. The Kier molecular flexibility index (Phi) is 6.69. The maximum atomic E-state index is 13.1. The van der Waals surface area contributed by atoms with Crippen molar-refractivity contribution >= 4 is 26.7 Å². The van der Waals surface area contributed by atoms with E-state index in [0.717, 1.165) is 23.7 Å². The monoisotopic (exact) mass is 403 g/mol. The summed E-state index contributed by atoms with van der Waals surface area (Å²) in [5.74, 6) is 0.107. The molecular formula is C21H29N3O3S. The van der Waals surface area contributed by atoms with E-state index in [1.54, 1.807) is 16.4 Å². The first-order valence-corrected chi connectivity index (χ1v) is 11.4. The summed E-state index contributed by atoms with van der Waals surface area (Å²) in [5, 5.41) is 1.95. The van der Waals surface area contributed by atoms with Gasteiger partial charge in [0, 0.05) is 32.7 Å². The van der Waals surface area contributed by atoms with Gasteiger partial charge in [0.25, 0.3) is 0 Å². The smallest absolute Gasteiger partial charge is 0.243 e. The molecule has 0 N–H and O–H groups in total. The van der Waals surface area contributed by atoms with Gasteiger partial charge in [-0.05, 0) is 49.7 Å². The van der Waals surface area contributed by atoms with Gasteiger partial charge in [-0.3, -0.25) is 9.69 Å². The second-order valence-electron chi connectivity index (χ2n) is 7.11. The predicted molar refractivity (Wildman–Crippen MR) is 112 cm³/mol. The Morgan fingerprint density at radius 3 is 2.39 bits per heavy atom. The summed E-state index contributed by atoms with van der Waals surface area (Å²) in [6, 6.07) is 13.0. The number of hydrogen-bond acceptors (Lipinski definition) is 4. The molecular weight excluding hydrogens is 374 g/mol. The van der Waals surface area contributed by atoms with Crippen molar-refractivity contribution in [3.05, 3.63) is 42.5 Å². The van der Waals surface area contributed by atoms with Crippen LogP contribution in [0.5, 0.6) is 0 Å². The zero-order valence-corrected chi connectivity index (χ0v) is 17.5. The Balaban J connectivity index is 1.70. The average Bonchev–Trinajstić information content (AvgIpc) is 2.94. The quantitative estimate of drug-likeness (QED) is 0.743. The fourth-order valence-electron chi connectivity index (χ4n) is 3.69. The van der Waals surface area contributed by atoms with Crippen LogP contribution in [0.3, 0.4) is 0 Å². The van der Waals surface area contributed by atoms with Crippen molar-refractivity contribution in [3.8, 4) is 0 Å². The molecule has 1 aliphatic heterocycles. The van der Waals surface area contributed by atoms with Crippen molar-refractivity contribution in [1.29, 1.82) is 0 Å². The van der Waals surface area contributed by atoms with E-state index < -0.39 is 10.0 Å². The third kappa shape index (κ3) is 4.54. The fraction of sp³-hybridized carbons (Fsp3) is 0.476. The maximum Gasteiger partial charge on any atom is 0.243 e. The number of hydrogen-bond donors (Lipinski definition) is 0. The topological polar surface area (TPSA) is 60.9 Å². The Morgan fingerprint density at radius 1 is 0.964 bits per heavy atom. The van der Waals surface area contributed by atoms with Gasteiger partial charge < -0.3 is 4.90 Å². The lowest BCUT2D eigenvalue weighted by Crippen LogP contribution is -2.42. The highest BCUT2D eigenvalue weighted by molar-refractivity contribution is 7.89. The fourth-order valence-corrected chi connectivity index (χ4v) is 5.20. The number of benzene rings is 2. The van der Waals surface area contributed by atoms with E-state index in [9.17, 15) is 13.2 Å². The van der Waals surface area contributed by atoms with Gasteiger partial charge >= 0.3 is 0 Å². The van der Waals surface area contributed by atoms with Gasteiger partial charge in [0.05, 0.1) is 11.4 Å². The molecule has 3 rings (SSSR count). The molecule has 1 saturated heterocycles. The lowest BCUT2D eigenvalue weighted by molar-refractivity contribution is -0.132. The van der Waals surface area contributed by atoms with Gasteiger partial charge in [0.2, 0.25) is 15.9 Å². The summed E-state index contributed by atoms with van der Waals surface area (Å²) in [5.41, 5.74) is 0. The molecule has 0 bridgehead atoms. The van der Waals surface area contributed by atoms with Crippen LogP contribution >= 0.6 is 0 Å². The van der Waals surface area contributed by atoms with Crippen molar-refractivity contribution in [3.63, 3.8) is 0 Å².